The normalized spacial score (nSPS) is 10.7. The molecule has 0 spiro atoms. The second-order valence-corrected chi connectivity index (χ2v) is 5.54. The molecule has 2 rings (SSSR count). The fourth-order valence-corrected chi connectivity index (χ4v) is 2.39. The van der Waals surface area contributed by atoms with Crippen LogP contribution in [0.3, 0.4) is 0 Å². The molecule has 1 aromatic heterocycles. The summed E-state index contributed by atoms with van der Waals surface area (Å²) < 4.78 is 0. The van der Waals surface area contributed by atoms with Crippen molar-refractivity contribution < 1.29 is 4.79 Å². The van der Waals surface area contributed by atoms with Gasteiger partial charge in [-0.1, -0.05) is 28.9 Å². The lowest BCUT2D eigenvalue weighted by Crippen LogP contribution is -2.33. The molecule has 2 aromatic rings. The van der Waals surface area contributed by atoms with Crippen molar-refractivity contribution in [1.29, 1.82) is 0 Å². The minimum Gasteiger partial charge on any atom is -0.343 e. The molecule has 0 fully saturated rings. The summed E-state index contributed by atoms with van der Waals surface area (Å²) in [6.07, 6.45) is 1.77. The van der Waals surface area contributed by atoms with E-state index in [0.717, 1.165) is 16.1 Å². The van der Waals surface area contributed by atoms with E-state index in [0.29, 0.717) is 38.2 Å². The number of carbonyl (C=O) groups is 1. The van der Waals surface area contributed by atoms with Crippen molar-refractivity contribution >= 4 is 17.5 Å². The summed E-state index contributed by atoms with van der Waals surface area (Å²) in [5.41, 5.74) is 2.13. The zero-order chi connectivity index (χ0) is 15.9. The number of hydrogen-bond donors (Lipinski definition) is 1. The lowest BCUT2D eigenvalue weighted by Gasteiger charge is -2.20. The maximum absolute atomic E-state index is 12.3. The Balaban J connectivity index is 1.84. The summed E-state index contributed by atoms with van der Waals surface area (Å²) >= 11 is 6.11. The first-order valence-corrected chi connectivity index (χ1v) is 7.73. The van der Waals surface area contributed by atoms with E-state index < -0.39 is 0 Å². The Morgan fingerprint density at radius 3 is 2.82 bits per heavy atom. The molecule has 0 saturated carbocycles. The number of likely N-dealkylation sites (N-methyl/N-ethyl adjacent to an activating group) is 1. The molecule has 6 nitrogen and oxygen atoms in total. The lowest BCUT2D eigenvalue weighted by atomic mass is 10.1. The van der Waals surface area contributed by atoms with Gasteiger partial charge in [0.1, 0.15) is 0 Å². The molecule has 22 heavy (non-hydrogen) atoms. The van der Waals surface area contributed by atoms with Gasteiger partial charge in [-0.05, 0) is 37.5 Å². The number of H-pyrrole nitrogens is 1. The third-order valence-corrected chi connectivity index (χ3v) is 4.00. The second kappa shape index (κ2) is 7.89. The van der Waals surface area contributed by atoms with Gasteiger partial charge < -0.3 is 4.90 Å². The standard InChI is InChI=1S/C15H20ClN5O/c1-3-21(9-8-14-17-19-20-18-14)15(22)7-6-12-5-4-11(2)13(16)10-12/h4-5,10H,3,6-9H2,1-2H3,(H,17,18,19,20). The third kappa shape index (κ3) is 4.53. The first-order valence-electron chi connectivity index (χ1n) is 7.35. The van der Waals surface area contributed by atoms with Crippen LogP contribution in [0.5, 0.6) is 0 Å². The molecule has 1 N–H and O–H groups in total. The van der Waals surface area contributed by atoms with Gasteiger partial charge in [-0.15, -0.1) is 10.2 Å². The number of nitrogens with one attached hydrogen (secondary N) is 1. The Morgan fingerprint density at radius 1 is 1.36 bits per heavy atom. The SMILES string of the molecule is CCN(CCc1nn[nH]n1)C(=O)CCc1ccc(C)c(Cl)c1. The summed E-state index contributed by atoms with van der Waals surface area (Å²) in [5, 5.41) is 14.5. The van der Waals surface area contributed by atoms with E-state index >= 15 is 0 Å². The molecular formula is C15H20ClN5O. The van der Waals surface area contributed by atoms with E-state index in [-0.39, 0.29) is 5.91 Å². The Hall–Kier alpha value is -1.95. The Morgan fingerprint density at radius 2 is 2.18 bits per heavy atom. The first-order chi connectivity index (χ1) is 10.6. The fraction of sp³-hybridized carbons (Fsp3) is 0.467. The van der Waals surface area contributed by atoms with Crippen LogP contribution >= 0.6 is 11.6 Å². The first kappa shape index (κ1) is 16.4. The number of tetrazole rings is 1. The third-order valence-electron chi connectivity index (χ3n) is 3.59. The summed E-state index contributed by atoms with van der Waals surface area (Å²) in [4.78, 5) is 14.1. The van der Waals surface area contributed by atoms with Crippen LogP contribution in [0.15, 0.2) is 18.2 Å². The van der Waals surface area contributed by atoms with E-state index in [2.05, 4.69) is 20.6 Å². The van der Waals surface area contributed by atoms with E-state index in [1.54, 1.807) is 0 Å². The molecule has 1 aromatic carbocycles. The molecule has 0 atom stereocenters. The summed E-state index contributed by atoms with van der Waals surface area (Å²) in [7, 11) is 0. The second-order valence-electron chi connectivity index (χ2n) is 5.13. The highest BCUT2D eigenvalue weighted by molar-refractivity contribution is 6.31. The van der Waals surface area contributed by atoms with Crippen molar-refractivity contribution in [3.8, 4) is 0 Å². The largest absolute Gasteiger partial charge is 0.343 e. The van der Waals surface area contributed by atoms with Crippen molar-refractivity contribution in [3.05, 3.63) is 40.2 Å². The predicted octanol–water partition coefficient (Wildman–Crippen LogP) is 2.19. The molecule has 7 heteroatoms. The number of benzene rings is 1. The molecule has 0 aliphatic heterocycles. The van der Waals surface area contributed by atoms with Crippen molar-refractivity contribution in [2.45, 2.75) is 33.1 Å². The predicted molar refractivity (Wildman–Crippen MR) is 84.6 cm³/mol. The Kier molecular flexibility index (Phi) is 5.89. The molecule has 1 amide bonds. The van der Waals surface area contributed by atoms with Gasteiger partial charge in [-0.2, -0.15) is 5.21 Å². The average molecular weight is 322 g/mol. The van der Waals surface area contributed by atoms with Crippen molar-refractivity contribution in [2.75, 3.05) is 13.1 Å². The number of carbonyl (C=O) groups excluding carboxylic acids is 1. The van der Waals surface area contributed by atoms with Gasteiger partial charge in [0.05, 0.1) is 0 Å². The maximum atomic E-state index is 12.3. The topological polar surface area (TPSA) is 74.8 Å². The number of aryl methyl sites for hydroxylation is 2. The molecular weight excluding hydrogens is 302 g/mol. The molecule has 0 bridgehead atoms. The zero-order valence-corrected chi connectivity index (χ0v) is 13.6. The highest BCUT2D eigenvalue weighted by Crippen LogP contribution is 2.17. The summed E-state index contributed by atoms with van der Waals surface area (Å²) in [5.74, 6) is 0.749. The summed E-state index contributed by atoms with van der Waals surface area (Å²) in [6, 6.07) is 5.93. The molecule has 118 valence electrons. The van der Waals surface area contributed by atoms with Crippen molar-refractivity contribution in [3.63, 3.8) is 0 Å². The number of nitrogens with zero attached hydrogens (tertiary/aromatic N) is 4. The van der Waals surface area contributed by atoms with Gasteiger partial charge in [0, 0.05) is 31.0 Å². The molecule has 0 radical (unpaired) electrons. The fourth-order valence-electron chi connectivity index (χ4n) is 2.18. The maximum Gasteiger partial charge on any atom is 0.222 e. The van der Waals surface area contributed by atoms with Gasteiger partial charge in [-0.3, -0.25) is 4.79 Å². The van der Waals surface area contributed by atoms with Crippen LogP contribution in [0, 0.1) is 6.92 Å². The van der Waals surface area contributed by atoms with Gasteiger partial charge in [0.2, 0.25) is 5.91 Å². The number of hydrogen-bond acceptors (Lipinski definition) is 4. The van der Waals surface area contributed by atoms with Gasteiger partial charge in [0.15, 0.2) is 5.82 Å². The van der Waals surface area contributed by atoms with Crippen LogP contribution in [0.1, 0.15) is 30.3 Å². The lowest BCUT2D eigenvalue weighted by molar-refractivity contribution is -0.130. The van der Waals surface area contributed by atoms with Gasteiger partial charge >= 0.3 is 0 Å². The highest BCUT2D eigenvalue weighted by Gasteiger charge is 2.13. The molecule has 1 heterocycles. The molecule has 0 saturated heterocycles. The number of rotatable bonds is 7. The van der Waals surface area contributed by atoms with E-state index in [4.69, 9.17) is 11.6 Å². The number of aromatic nitrogens is 4. The zero-order valence-electron chi connectivity index (χ0n) is 12.8. The van der Waals surface area contributed by atoms with Crippen LogP contribution in [-0.4, -0.2) is 44.5 Å². The van der Waals surface area contributed by atoms with Crippen LogP contribution in [0.25, 0.3) is 0 Å². The van der Waals surface area contributed by atoms with Crippen LogP contribution in [0.4, 0.5) is 0 Å². The minimum atomic E-state index is 0.127. The van der Waals surface area contributed by atoms with Crippen molar-refractivity contribution in [1.82, 2.24) is 25.5 Å². The Bertz CT molecular complexity index is 614. The van der Waals surface area contributed by atoms with Gasteiger partial charge in [-0.25, -0.2) is 0 Å². The number of halogens is 1. The number of amides is 1. The van der Waals surface area contributed by atoms with Gasteiger partial charge in [0.25, 0.3) is 0 Å². The quantitative estimate of drug-likeness (QED) is 0.848. The minimum absolute atomic E-state index is 0.127. The van der Waals surface area contributed by atoms with Crippen LogP contribution in [0.2, 0.25) is 5.02 Å². The van der Waals surface area contributed by atoms with Crippen LogP contribution < -0.4 is 0 Å². The van der Waals surface area contributed by atoms with Crippen LogP contribution in [-0.2, 0) is 17.6 Å². The highest BCUT2D eigenvalue weighted by atomic mass is 35.5. The number of aromatic amines is 1. The van der Waals surface area contributed by atoms with Crippen molar-refractivity contribution in [2.24, 2.45) is 0 Å². The monoisotopic (exact) mass is 321 g/mol. The van der Waals surface area contributed by atoms with E-state index in [1.165, 1.54) is 0 Å². The molecule has 0 unspecified atom stereocenters. The average Bonchev–Trinajstić information content (AvgIpc) is 3.02. The molecule has 0 aliphatic rings. The van der Waals surface area contributed by atoms with E-state index in [9.17, 15) is 4.79 Å². The summed E-state index contributed by atoms with van der Waals surface area (Å²) in [6.45, 7) is 5.21. The Labute approximate surface area is 134 Å². The smallest absolute Gasteiger partial charge is 0.222 e. The molecule has 0 aliphatic carbocycles. The van der Waals surface area contributed by atoms with E-state index in [1.807, 2.05) is 36.9 Å².